The lowest BCUT2D eigenvalue weighted by Gasteiger charge is -2.24. The van der Waals surface area contributed by atoms with E-state index in [2.05, 4.69) is 27.8 Å². The number of nitrogens with zero attached hydrogens (tertiary/aromatic N) is 1. The fraction of sp³-hybridized carbons (Fsp3) is 0.318. The highest BCUT2D eigenvalue weighted by Crippen LogP contribution is 2.36. The van der Waals surface area contributed by atoms with Gasteiger partial charge in [-0.25, -0.2) is 4.98 Å². The quantitative estimate of drug-likeness (QED) is 0.672. The monoisotopic (exact) mass is 379 g/mol. The number of nitrogens with one attached hydrogen (secondary N) is 2. The van der Waals surface area contributed by atoms with Crippen LogP contribution in [0.5, 0.6) is 17.2 Å². The molecule has 2 aromatic carbocycles. The zero-order valence-corrected chi connectivity index (χ0v) is 16.2. The summed E-state index contributed by atoms with van der Waals surface area (Å²) in [6, 6.07) is 13.9. The van der Waals surface area contributed by atoms with Gasteiger partial charge in [0.25, 0.3) is 0 Å². The molecule has 6 heteroatoms. The molecule has 1 saturated heterocycles. The molecule has 1 aliphatic heterocycles. The van der Waals surface area contributed by atoms with Crippen LogP contribution in [-0.4, -0.2) is 38.4 Å². The number of hydrogen-bond donors (Lipinski definition) is 2. The lowest BCUT2D eigenvalue weighted by atomic mass is 10.1. The van der Waals surface area contributed by atoms with Gasteiger partial charge in [0.15, 0.2) is 11.5 Å². The number of rotatable bonds is 6. The molecule has 146 valence electrons. The average molecular weight is 379 g/mol. The summed E-state index contributed by atoms with van der Waals surface area (Å²) in [6.07, 6.45) is 4.21. The van der Waals surface area contributed by atoms with Gasteiger partial charge in [0, 0.05) is 11.6 Å². The summed E-state index contributed by atoms with van der Waals surface area (Å²) < 4.78 is 17.0. The van der Waals surface area contributed by atoms with E-state index >= 15 is 0 Å². The molecule has 28 heavy (non-hydrogen) atoms. The van der Waals surface area contributed by atoms with E-state index in [1.54, 1.807) is 14.2 Å². The summed E-state index contributed by atoms with van der Waals surface area (Å²) in [6.45, 7) is 2.03. The van der Waals surface area contributed by atoms with Crippen LogP contribution in [0, 0.1) is 0 Å². The van der Waals surface area contributed by atoms with Crippen molar-refractivity contribution >= 4 is 22.3 Å². The Hall–Kier alpha value is -2.99. The van der Waals surface area contributed by atoms with Crippen molar-refractivity contribution < 1.29 is 14.2 Å². The maximum atomic E-state index is 6.17. The maximum absolute atomic E-state index is 6.17. The Kier molecular flexibility index (Phi) is 5.48. The minimum atomic E-state index is 0.277. The molecule has 6 nitrogen and oxygen atoms in total. The van der Waals surface area contributed by atoms with E-state index in [1.165, 1.54) is 0 Å². The van der Waals surface area contributed by atoms with Crippen molar-refractivity contribution in [3.8, 4) is 17.2 Å². The Balaban J connectivity index is 1.58. The van der Waals surface area contributed by atoms with Crippen LogP contribution in [0.2, 0.25) is 0 Å². The Morgan fingerprint density at radius 3 is 2.64 bits per heavy atom. The third-order valence-electron chi connectivity index (χ3n) is 4.95. The zero-order chi connectivity index (χ0) is 19.3. The van der Waals surface area contributed by atoms with Gasteiger partial charge in [-0.2, -0.15) is 0 Å². The topological polar surface area (TPSA) is 64.6 Å². The van der Waals surface area contributed by atoms with Crippen LogP contribution in [0.3, 0.4) is 0 Å². The van der Waals surface area contributed by atoms with Gasteiger partial charge in [-0.1, -0.05) is 6.07 Å². The Bertz CT molecular complexity index is 955. The first kappa shape index (κ1) is 18.4. The number of aromatic nitrogens is 1. The highest BCUT2D eigenvalue weighted by Gasteiger charge is 2.15. The lowest BCUT2D eigenvalue weighted by Crippen LogP contribution is -2.34. The molecule has 0 unspecified atom stereocenters. The number of benzene rings is 2. The number of anilines is 2. The number of ether oxygens (including phenoxy) is 3. The fourth-order valence-corrected chi connectivity index (χ4v) is 3.49. The standard InChI is InChI=1S/C22H25N3O3/c1-26-20-5-3-4-19(22(20)27-2)25-21-13-16-12-18(7-6-15(16)14-24-21)28-17-8-10-23-11-9-17/h3-7,12-14,17,23H,8-11H2,1-2H3,(H,24,25). The fourth-order valence-electron chi connectivity index (χ4n) is 3.49. The van der Waals surface area contributed by atoms with Crippen molar-refractivity contribution in [3.63, 3.8) is 0 Å². The van der Waals surface area contributed by atoms with E-state index in [0.717, 1.165) is 54.0 Å². The summed E-state index contributed by atoms with van der Waals surface area (Å²) in [5.41, 5.74) is 0.802. The molecule has 0 radical (unpaired) electrons. The largest absolute Gasteiger partial charge is 0.493 e. The summed E-state index contributed by atoms with van der Waals surface area (Å²) in [5.74, 6) is 2.95. The molecule has 1 fully saturated rings. The van der Waals surface area contributed by atoms with E-state index in [9.17, 15) is 0 Å². The highest BCUT2D eigenvalue weighted by atomic mass is 16.5. The van der Waals surface area contributed by atoms with Crippen LogP contribution in [-0.2, 0) is 0 Å². The van der Waals surface area contributed by atoms with Gasteiger partial charge in [0.05, 0.1) is 19.9 Å². The van der Waals surface area contributed by atoms with Crippen LogP contribution in [0.15, 0.2) is 48.7 Å². The summed E-state index contributed by atoms with van der Waals surface area (Å²) in [4.78, 5) is 4.52. The van der Waals surface area contributed by atoms with Crippen LogP contribution < -0.4 is 24.8 Å². The van der Waals surface area contributed by atoms with E-state index in [0.29, 0.717) is 11.5 Å². The van der Waals surface area contributed by atoms with Gasteiger partial charge in [-0.3, -0.25) is 0 Å². The Labute approximate surface area is 164 Å². The maximum Gasteiger partial charge on any atom is 0.184 e. The second-order valence-electron chi connectivity index (χ2n) is 6.81. The van der Waals surface area contributed by atoms with Gasteiger partial charge < -0.3 is 24.8 Å². The molecule has 3 aromatic rings. The normalized spacial score (nSPS) is 14.6. The van der Waals surface area contributed by atoms with E-state index in [4.69, 9.17) is 14.2 Å². The SMILES string of the molecule is COc1cccc(Nc2cc3cc(OC4CCNCC4)ccc3cn2)c1OC. The van der Waals surface area contributed by atoms with E-state index in [1.807, 2.05) is 36.5 Å². The van der Waals surface area contributed by atoms with Crippen LogP contribution in [0.25, 0.3) is 10.8 Å². The third-order valence-corrected chi connectivity index (χ3v) is 4.95. The number of methoxy groups -OCH3 is 2. The predicted molar refractivity (Wildman–Crippen MR) is 111 cm³/mol. The number of piperidine rings is 1. The molecule has 2 N–H and O–H groups in total. The average Bonchev–Trinajstić information content (AvgIpc) is 2.74. The second kappa shape index (κ2) is 8.35. The van der Waals surface area contributed by atoms with E-state index in [-0.39, 0.29) is 6.10 Å². The predicted octanol–water partition coefficient (Wildman–Crippen LogP) is 4.13. The molecular formula is C22H25N3O3. The van der Waals surface area contributed by atoms with Gasteiger partial charge in [0.1, 0.15) is 17.7 Å². The van der Waals surface area contributed by atoms with Crippen molar-refractivity contribution in [2.75, 3.05) is 32.6 Å². The van der Waals surface area contributed by atoms with Crippen molar-refractivity contribution in [1.82, 2.24) is 10.3 Å². The second-order valence-corrected chi connectivity index (χ2v) is 6.81. The molecule has 1 aliphatic rings. The van der Waals surface area contributed by atoms with Gasteiger partial charge in [0.2, 0.25) is 0 Å². The van der Waals surface area contributed by atoms with Gasteiger partial charge in [-0.05, 0) is 67.7 Å². The van der Waals surface area contributed by atoms with Crippen molar-refractivity contribution in [2.45, 2.75) is 18.9 Å². The first-order chi connectivity index (χ1) is 13.8. The van der Waals surface area contributed by atoms with Crippen molar-refractivity contribution in [3.05, 3.63) is 48.7 Å². The molecule has 1 aromatic heterocycles. The minimum Gasteiger partial charge on any atom is -0.493 e. The smallest absolute Gasteiger partial charge is 0.184 e. The number of hydrogen-bond acceptors (Lipinski definition) is 6. The van der Waals surface area contributed by atoms with E-state index < -0.39 is 0 Å². The molecule has 4 rings (SSSR count). The van der Waals surface area contributed by atoms with Crippen molar-refractivity contribution in [2.24, 2.45) is 0 Å². The molecule has 0 amide bonds. The number of pyridine rings is 1. The summed E-state index contributed by atoms with van der Waals surface area (Å²) in [5, 5.41) is 8.83. The highest BCUT2D eigenvalue weighted by molar-refractivity contribution is 5.86. The Morgan fingerprint density at radius 1 is 1.00 bits per heavy atom. The van der Waals surface area contributed by atoms with Crippen LogP contribution in [0.1, 0.15) is 12.8 Å². The minimum absolute atomic E-state index is 0.277. The number of para-hydroxylation sites is 1. The van der Waals surface area contributed by atoms with Crippen LogP contribution in [0.4, 0.5) is 11.5 Å². The Morgan fingerprint density at radius 2 is 1.86 bits per heavy atom. The molecule has 0 spiro atoms. The first-order valence-electron chi connectivity index (χ1n) is 9.52. The van der Waals surface area contributed by atoms with Gasteiger partial charge in [-0.15, -0.1) is 0 Å². The summed E-state index contributed by atoms with van der Waals surface area (Å²) in [7, 11) is 3.25. The summed E-state index contributed by atoms with van der Waals surface area (Å²) >= 11 is 0. The van der Waals surface area contributed by atoms with Crippen LogP contribution >= 0.6 is 0 Å². The van der Waals surface area contributed by atoms with Crippen molar-refractivity contribution in [1.29, 1.82) is 0 Å². The molecule has 0 atom stereocenters. The molecule has 0 aliphatic carbocycles. The van der Waals surface area contributed by atoms with Gasteiger partial charge >= 0.3 is 0 Å². The first-order valence-corrected chi connectivity index (χ1v) is 9.52. The molecule has 2 heterocycles. The molecule has 0 bridgehead atoms. The molecular weight excluding hydrogens is 354 g/mol. The molecule has 0 saturated carbocycles. The third kappa shape index (κ3) is 3.97. The number of fused-ring (bicyclic) bond motifs is 1. The lowest BCUT2D eigenvalue weighted by molar-refractivity contribution is 0.162. The zero-order valence-electron chi connectivity index (χ0n) is 16.2.